The van der Waals surface area contributed by atoms with Crippen LogP contribution in [0.15, 0.2) is 91.0 Å². The van der Waals surface area contributed by atoms with E-state index in [1.54, 1.807) is 0 Å². The Morgan fingerprint density at radius 1 is 0.404 bits per heavy atom. The zero-order valence-electron chi connectivity index (χ0n) is 33.8. The SMILES string of the molecule is CCC(C)(C)c1cc(-c2ccccc2-c2cccc(-c3ccccc3-c3cc(C(C)(C)CC)cc(C(C)(C)CC)c3O)n2)c(O)c(C(C)(C)CC)c1. The maximum absolute atomic E-state index is 12.0. The molecule has 0 bridgehead atoms. The number of aromatic nitrogens is 1. The summed E-state index contributed by atoms with van der Waals surface area (Å²) in [5.41, 5.74) is 11.1. The summed E-state index contributed by atoms with van der Waals surface area (Å²) in [5.74, 6) is 0.681. The third kappa shape index (κ3) is 7.29. The first-order valence-electron chi connectivity index (χ1n) is 19.3. The Morgan fingerprint density at radius 2 is 0.731 bits per heavy atom. The van der Waals surface area contributed by atoms with Gasteiger partial charge in [-0.2, -0.15) is 0 Å². The van der Waals surface area contributed by atoms with E-state index < -0.39 is 0 Å². The highest BCUT2D eigenvalue weighted by Gasteiger charge is 2.31. The molecular formula is C49H61NO2. The molecule has 0 aliphatic heterocycles. The van der Waals surface area contributed by atoms with E-state index in [1.165, 1.54) is 11.1 Å². The molecule has 0 spiro atoms. The van der Waals surface area contributed by atoms with Gasteiger partial charge in [0.2, 0.25) is 0 Å². The molecule has 0 saturated heterocycles. The summed E-state index contributed by atoms with van der Waals surface area (Å²) in [7, 11) is 0. The maximum Gasteiger partial charge on any atom is 0.127 e. The quantitative estimate of drug-likeness (QED) is 0.137. The molecule has 3 heteroatoms. The van der Waals surface area contributed by atoms with Gasteiger partial charge in [0.25, 0.3) is 0 Å². The van der Waals surface area contributed by atoms with E-state index in [0.29, 0.717) is 11.5 Å². The second-order valence-corrected chi connectivity index (χ2v) is 17.3. The van der Waals surface area contributed by atoms with Crippen molar-refractivity contribution in [2.75, 3.05) is 0 Å². The van der Waals surface area contributed by atoms with Crippen molar-refractivity contribution in [3.8, 4) is 56.3 Å². The molecule has 0 aliphatic carbocycles. The van der Waals surface area contributed by atoms with Crippen LogP contribution in [0.1, 0.15) is 131 Å². The van der Waals surface area contributed by atoms with Crippen molar-refractivity contribution in [3.63, 3.8) is 0 Å². The minimum absolute atomic E-state index is 0.0563. The second-order valence-electron chi connectivity index (χ2n) is 17.3. The average molecular weight is 696 g/mol. The molecule has 5 rings (SSSR count). The second kappa shape index (κ2) is 14.6. The molecule has 1 heterocycles. The van der Waals surface area contributed by atoms with Crippen molar-refractivity contribution in [1.29, 1.82) is 0 Å². The van der Waals surface area contributed by atoms with E-state index in [2.05, 4.69) is 150 Å². The maximum atomic E-state index is 12.0. The largest absolute Gasteiger partial charge is 0.507 e. The van der Waals surface area contributed by atoms with Gasteiger partial charge < -0.3 is 10.2 Å². The van der Waals surface area contributed by atoms with Gasteiger partial charge in [-0.1, -0.05) is 150 Å². The van der Waals surface area contributed by atoms with Crippen LogP contribution in [-0.2, 0) is 21.7 Å². The molecule has 0 unspecified atom stereocenters. The number of rotatable bonds is 12. The van der Waals surface area contributed by atoms with Gasteiger partial charge in [-0.05, 0) is 93.9 Å². The first-order valence-corrected chi connectivity index (χ1v) is 19.3. The molecular weight excluding hydrogens is 635 g/mol. The van der Waals surface area contributed by atoms with Crippen LogP contribution in [0.5, 0.6) is 11.5 Å². The van der Waals surface area contributed by atoms with Crippen molar-refractivity contribution in [2.45, 2.75) is 130 Å². The highest BCUT2D eigenvalue weighted by Crippen LogP contribution is 2.48. The minimum atomic E-state index is -0.198. The first-order chi connectivity index (χ1) is 24.4. The number of benzene rings is 4. The lowest BCUT2D eigenvalue weighted by Crippen LogP contribution is -2.20. The van der Waals surface area contributed by atoms with Gasteiger partial charge in [0.1, 0.15) is 11.5 Å². The number of hydrogen-bond acceptors (Lipinski definition) is 3. The molecule has 52 heavy (non-hydrogen) atoms. The number of nitrogens with zero attached hydrogens (tertiary/aromatic N) is 1. The van der Waals surface area contributed by atoms with Crippen molar-refractivity contribution >= 4 is 0 Å². The molecule has 4 aromatic carbocycles. The molecule has 0 fully saturated rings. The van der Waals surface area contributed by atoms with E-state index in [9.17, 15) is 10.2 Å². The van der Waals surface area contributed by atoms with E-state index in [1.807, 2.05) is 24.3 Å². The average Bonchev–Trinajstić information content (AvgIpc) is 3.14. The predicted octanol–water partition coefficient (Wildman–Crippen LogP) is 13.9. The number of phenolic OH excluding ortho intramolecular Hbond substituents is 2. The fourth-order valence-electron chi connectivity index (χ4n) is 6.90. The molecule has 1 aromatic heterocycles. The van der Waals surface area contributed by atoms with Crippen LogP contribution < -0.4 is 0 Å². The molecule has 0 aliphatic rings. The summed E-state index contributed by atoms with van der Waals surface area (Å²) in [6.07, 6.45) is 3.79. The fourth-order valence-corrected chi connectivity index (χ4v) is 6.90. The van der Waals surface area contributed by atoms with Crippen molar-refractivity contribution in [1.82, 2.24) is 4.98 Å². The molecule has 0 atom stereocenters. The topological polar surface area (TPSA) is 53.4 Å². The van der Waals surface area contributed by atoms with Crippen molar-refractivity contribution in [2.24, 2.45) is 0 Å². The third-order valence-corrected chi connectivity index (χ3v) is 12.5. The van der Waals surface area contributed by atoms with Gasteiger partial charge >= 0.3 is 0 Å². The lowest BCUT2D eigenvalue weighted by Gasteiger charge is -2.31. The number of hydrogen-bond donors (Lipinski definition) is 2. The zero-order chi connectivity index (χ0) is 38.2. The Bertz CT molecular complexity index is 1920. The number of phenols is 2. The monoisotopic (exact) mass is 695 g/mol. The molecule has 0 radical (unpaired) electrons. The molecule has 5 aromatic rings. The van der Waals surface area contributed by atoms with Gasteiger partial charge in [-0.25, -0.2) is 4.98 Å². The lowest BCUT2D eigenvalue weighted by atomic mass is 9.74. The smallest absolute Gasteiger partial charge is 0.127 e. The molecule has 2 N–H and O–H groups in total. The van der Waals surface area contributed by atoms with Crippen molar-refractivity contribution in [3.05, 3.63) is 113 Å². The first kappa shape index (κ1) is 38.9. The normalized spacial score (nSPS) is 12.7. The summed E-state index contributed by atoms with van der Waals surface area (Å²) in [6, 6.07) is 31.6. The van der Waals surface area contributed by atoms with Gasteiger partial charge in [0, 0.05) is 33.4 Å². The molecule has 0 saturated carbocycles. The Hall–Kier alpha value is -4.37. The summed E-state index contributed by atoms with van der Waals surface area (Å²) < 4.78 is 0. The Labute approximate surface area is 314 Å². The van der Waals surface area contributed by atoms with Gasteiger partial charge in [0.15, 0.2) is 0 Å². The lowest BCUT2D eigenvalue weighted by molar-refractivity contribution is 0.426. The van der Waals surface area contributed by atoms with Crippen LogP contribution in [-0.4, -0.2) is 15.2 Å². The van der Waals surface area contributed by atoms with E-state index in [0.717, 1.165) is 81.6 Å². The van der Waals surface area contributed by atoms with Crippen LogP contribution >= 0.6 is 0 Å². The Kier molecular flexibility index (Phi) is 10.9. The zero-order valence-corrected chi connectivity index (χ0v) is 33.8. The summed E-state index contributed by atoms with van der Waals surface area (Å²) in [4.78, 5) is 5.33. The fraction of sp³-hybridized carbons (Fsp3) is 0.408. The standard InChI is InChI=1S/C49H61NO2/c1-13-46(5,6)32-28-38(44(51)40(30-32)48(9,10)15-3)34-22-17-19-24-36(34)42-26-21-27-43(50-42)37-25-20-18-23-35(37)39-29-33(47(7,8)14-2)31-41(45(39)52)49(11,12)16-4/h17-31,51-52H,13-16H2,1-12H3. The highest BCUT2D eigenvalue weighted by atomic mass is 16.3. The van der Waals surface area contributed by atoms with Crippen LogP contribution in [0.2, 0.25) is 0 Å². The van der Waals surface area contributed by atoms with Crippen LogP contribution in [0.4, 0.5) is 0 Å². The number of pyridine rings is 1. The van der Waals surface area contributed by atoms with Gasteiger partial charge in [-0.15, -0.1) is 0 Å². The van der Waals surface area contributed by atoms with Crippen LogP contribution in [0.25, 0.3) is 44.8 Å². The Morgan fingerprint density at radius 3 is 1.06 bits per heavy atom. The predicted molar refractivity (Wildman–Crippen MR) is 223 cm³/mol. The summed E-state index contributed by atoms with van der Waals surface area (Å²) in [5, 5.41) is 24.0. The number of aromatic hydroxyl groups is 2. The highest BCUT2D eigenvalue weighted by molar-refractivity contribution is 5.89. The Balaban J connectivity index is 1.73. The summed E-state index contributed by atoms with van der Waals surface area (Å²) in [6.45, 7) is 26.8. The van der Waals surface area contributed by atoms with Crippen LogP contribution in [0, 0.1) is 0 Å². The van der Waals surface area contributed by atoms with Gasteiger partial charge in [-0.3, -0.25) is 0 Å². The van der Waals surface area contributed by atoms with Gasteiger partial charge in [0.05, 0.1) is 11.4 Å². The van der Waals surface area contributed by atoms with E-state index in [-0.39, 0.29) is 21.7 Å². The van der Waals surface area contributed by atoms with E-state index in [4.69, 9.17) is 4.98 Å². The van der Waals surface area contributed by atoms with Crippen molar-refractivity contribution < 1.29 is 10.2 Å². The molecule has 0 amide bonds. The third-order valence-electron chi connectivity index (χ3n) is 12.5. The van der Waals surface area contributed by atoms with Crippen LogP contribution in [0.3, 0.4) is 0 Å². The minimum Gasteiger partial charge on any atom is -0.507 e. The molecule has 3 nitrogen and oxygen atoms in total. The molecule has 274 valence electrons. The summed E-state index contributed by atoms with van der Waals surface area (Å²) >= 11 is 0. The van der Waals surface area contributed by atoms with E-state index >= 15 is 0 Å².